The van der Waals surface area contributed by atoms with Gasteiger partial charge in [0.25, 0.3) is 0 Å². The molecule has 0 radical (unpaired) electrons. The van der Waals surface area contributed by atoms with Crippen LogP contribution in [0.2, 0.25) is 0 Å². The van der Waals surface area contributed by atoms with E-state index < -0.39 is 0 Å². The fourth-order valence-corrected chi connectivity index (χ4v) is 1.87. The van der Waals surface area contributed by atoms with Crippen LogP contribution in [-0.2, 0) is 0 Å². The molecule has 0 amide bonds. The van der Waals surface area contributed by atoms with Gasteiger partial charge in [0.15, 0.2) is 0 Å². The van der Waals surface area contributed by atoms with E-state index in [2.05, 4.69) is 68.5 Å². The van der Waals surface area contributed by atoms with Gasteiger partial charge < -0.3 is 10.2 Å². The third kappa shape index (κ3) is 4.45. The highest BCUT2D eigenvalue weighted by Gasteiger charge is 2.09. The van der Waals surface area contributed by atoms with Crippen molar-refractivity contribution in [2.45, 2.75) is 25.9 Å². The number of hydrogen-bond acceptors (Lipinski definition) is 2. The largest absolute Gasteiger partial charge is 0.308 e. The molecule has 1 N–H and O–H groups in total. The smallest absolute Gasteiger partial charge is 0.0294 e. The average molecular weight is 206 g/mol. The van der Waals surface area contributed by atoms with Crippen LogP contribution in [0.25, 0.3) is 0 Å². The molecular formula is C13H22N2. The van der Waals surface area contributed by atoms with Crippen LogP contribution in [0.15, 0.2) is 30.3 Å². The van der Waals surface area contributed by atoms with Gasteiger partial charge >= 0.3 is 0 Å². The van der Waals surface area contributed by atoms with Crippen molar-refractivity contribution in [1.29, 1.82) is 0 Å². The molecule has 15 heavy (non-hydrogen) atoms. The molecule has 0 heterocycles. The van der Waals surface area contributed by atoms with Gasteiger partial charge in [0.1, 0.15) is 0 Å². The van der Waals surface area contributed by atoms with Crippen LogP contribution in [0.3, 0.4) is 0 Å². The molecule has 0 aliphatic heterocycles. The van der Waals surface area contributed by atoms with Crippen LogP contribution < -0.4 is 5.32 Å². The van der Waals surface area contributed by atoms with Crippen molar-refractivity contribution in [3.63, 3.8) is 0 Å². The minimum absolute atomic E-state index is 0.418. The first-order valence-electron chi connectivity index (χ1n) is 5.55. The zero-order valence-corrected chi connectivity index (χ0v) is 10.2. The Balaban J connectivity index is 2.45. The molecule has 0 aromatic heterocycles. The van der Waals surface area contributed by atoms with Crippen LogP contribution in [0.4, 0.5) is 0 Å². The number of rotatable bonds is 5. The monoisotopic (exact) mass is 206 g/mol. The highest BCUT2D eigenvalue weighted by atomic mass is 15.1. The lowest BCUT2D eigenvalue weighted by Crippen LogP contribution is -2.37. The van der Waals surface area contributed by atoms with Crippen LogP contribution in [0.1, 0.15) is 25.5 Å². The zero-order valence-electron chi connectivity index (χ0n) is 10.2. The second kappa shape index (κ2) is 5.89. The van der Waals surface area contributed by atoms with Crippen molar-refractivity contribution >= 4 is 0 Å². The summed E-state index contributed by atoms with van der Waals surface area (Å²) in [6.07, 6.45) is 0. The van der Waals surface area contributed by atoms with Gasteiger partial charge in [0, 0.05) is 18.6 Å². The van der Waals surface area contributed by atoms with Crippen LogP contribution >= 0.6 is 0 Å². The normalized spacial score (nSPS) is 15.3. The molecule has 1 aromatic carbocycles. The summed E-state index contributed by atoms with van der Waals surface area (Å²) >= 11 is 0. The van der Waals surface area contributed by atoms with Gasteiger partial charge in [-0.15, -0.1) is 0 Å². The van der Waals surface area contributed by atoms with Gasteiger partial charge in [-0.2, -0.15) is 0 Å². The van der Waals surface area contributed by atoms with E-state index in [0.717, 1.165) is 6.54 Å². The first-order valence-corrected chi connectivity index (χ1v) is 5.55. The second-order valence-electron chi connectivity index (χ2n) is 4.46. The minimum atomic E-state index is 0.418. The van der Waals surface area contributed by atoms with Gasteiger partial charge in [-0.1, -0.05) is 30.3 Å². The maximum absolute atomic E-state index is 3.59. The van der Waals surface area contributed by atoms with Gasteiger partial charge in [-0.3, -0.25) is 0 Å². The molecule has 2 atom stereocenters. The third-order valence-electron chi connectivity index (χ3n) is 2.47. The van der Waals surface area contributed by atoms with E-state index in [4.69, 9.17) is 0 Å². The van der Waals surface area contributed by atoms with E-state index in [1.165, 1.54) is 5.56 Å². The van der Waals surface area contributed by atoms with E-state index in [0.29, 0.717) is 12.1 Å². The number of nitrogens with zero attached hydrogens (tertiary/aromatic N) is 1. The van der Waals surface area contributed by atoms with Crippen molar-refractivity contribution in [2.75, 3.05) is 20.6 Å². The number of benzene rings is 1. The van der Waals surface area contributed by atoms with E-state index >= 15 is 0 Å². The molecular weight excluding hydrogens is 184 g/mol. The summed E-state index contributed by atoms with van der Waals surface area (Å²) in [5, 5.41) is 3.59. The van der Waals surface area contributed by atoms with E-state index in [9.17, 15) is 0 Å². The average Bonchev–Trinajstić information content (AvgIpc) is 2.17. The molecule has 84 valence electrons. The van der Waals surface area contributed by atoms with E-state index in [1.807, 2.05) is 0 Å². The number of hydrogen-bond donors (Lipinski definition) is 1. The highest BCUT2D eigenvalue weighted by Crippen LogP contribution is 2.11. The second-order valence-corrected chi connectivity index (χ2v) is 4.46. The first kappa shape index (κ1) is 12.2. The van der Waals surface area contributed by atoms with Gasteiger partial charge in [0.2, 0.25) is 0 Å². The standard InChI is InChI=1S/C13H22N2/c1-11(10-15(3)4)14-12(2)13-8-6-5-7-9-13/h5-9,11-12,14H,10H2,1-4H3. The molecule has 0 bridgehead atoms. The number of likely N-dealkylation sites (N-methyl/N-ethyl adjacent to an activating group) is 1. The molecule has 2 nitrogen and oxygen atoms in total. The lowest BCUT2D eigenvalue weighted by Gasteiger charge is -2.23. The molecule has 0 fully saturated rings. The molecule has 0 spiro atoms. The van der Waals surface area contributed by atoms with Crippen LogP contribution in [0, 0.1) is 0 Å². The Morgan fingerprint density at radius 1 is 1.13 bits per heavy atom. The molecule has 0 saturated heterocycles. The maximum atomic E-state index is 3.59. The summed E-state index contributed by atoms with van der Waals surface area (Å²) in [6, 6.07) is 11.5. The van der Waals surface area contributed by atoms with Crippen molar-refractivity contribution in [3.05, 3.63) is 35.9 Å². The molecule has 0 aliphatic rings. The summed E-state index contributed by atoms with van der Waals surface area (Å²) in [5.41, 5.74) is 1.35. The summed E-state index contributed by atoms with van der Waals surface area (Å²) in [6.45, 7) is 5.50. The van der Waals surface area contributed by atoms with Crippen molar-refractivity contribution < 1.29 is 0 Å². The molecule has 0 aliphatic carbocycles. The van der Waals surface area contributed by atoms with Crippen LogP contribution in [-0.4, -0.2) is 31.6 Å². The van der Waals surface area contributed by atoms with E-state index in [1.54, 1.807) is 0 Å². The highest BCUT2D eigenvalue weighted by molar-refractivity contribution is 5.18. The van der Waals surface area contributed by atoms with Gasteiger partial charge in [0.05, 0.1) is 0 Å². The number of nitrogens with one attached hydrogen (secondary N) is 1. The summed E-state index contributed by atoms with van der Waals surface area (Å²) in [4.78, 5) is 2.20. The predicted octanol–water partition coefficient (Wildman–Crippen LogP) is 2.29. The van der Waals surface area contributed by atoms with Crippen molar-refractivity contribution in [2.24, 2.45) is 0 Å². The summed E-state index contributed by atoms with van der Waals surface area (Å²) < 4.78 is 0. The fourth-order valence-electron chi connectivity index (χ4n) is 1.87. The summed E-state index contributed by atoms with van der Waals surface area (Å²) in [5.74, 6) is 0. The summed E-state index contributed by atoms with van der Waals surface area (Å²) in [7, 11) is 4.21. The fraction of sp³-hybridized carbons (Fsp3) is 0.538. The van der Waals surface area contributed by atoms with Gasteiger partial charge in [-0.25, -0.2) is 0 Å². The third-order valence-corrected chi connectivity index (χ3v) is 2.47. The Hall–Kier alpha value is -0.860. The van der Waals surface area contributed by atoms with Crippen molar-refractivity contribution in [1.82, 2.24) is 10.2 Å². The molecule has 1 aromatic rings. The Labute approximate surface area is 93.3 Å². The molecule has 2 heteroatoms. The predicted molar refractivity (Wildman–Crippen MR) is 66.0 cm³/mol. The Kier molecular flexibility index (Phi) is 4.79. The quantitative estimate of drug-likeness (QED) is 0.795. The Bertz CT molecular complexity index is 269. The maximum Gasteiger partial charge on any atom is 0.0294 e. The molecule has 2 unspecified atom stereocenters. The lowest BCUT2D eigenvalue weighted by molar-refractivity contribution is 0.334. The zero-order chi connectivity index (χ0) is 11.3. The molecule has 0 saturated carbocycles. The van der Waals surface area contributed by atoms with Crippen molar-refractivity contribution in [3.8, 4) is 0 Å². The van der Waals surface area contributed by atoms with Crippen LogP contribution in [0.5, 0.6) is 0 Å². The lowest BCUT2D eigenvalue weighted by atomic mass is 10.1. The topological polar surface area (TPSA) is 15.3 Å². The SMILES string of the molecule is CC(CN(C)C)NC(C)c1ccccc1. The van der Waals surface area contributed by atoms with Gasteiger partial charge in [-0.05, 0) is 33.5 Å². The molecule has 1 rings (SSSR count). The van der Waals surface area contributed by atoms with E-state index in [-0.39, 0.29) is 0 Å². The Morgan fingerprint density at radius 2 is 1.73 bits per heavy atom. The first-order chi connectivity index (χ1) is 7.09. The Morgan fingerprint density at radius 3 is 2.27 bits per heavy atom. The minimum Gasteiger partial charge on any atom is -0.308 e.